The summed E-state index contributed by atoms with van der Waals surface area (Å²) < 4.78 is 17.1. The molecule has 0 aromatic heterocycles. The number of rotatable bonds is 19. The number of aliphatic carboxylic acids is 1. The van der Waals surface area contributed by atoms with E-state index < -0.39 is 22.8 Å². The van der Waals surface area contributed by atoms with Gasteiger partial charge in [-0.3, -0.25) is 9.59 Å². The molecule has 2 unspecified atom stereocenters. The van der Waals surface area contributed by atoms with E-state index in [4.69, 9.17) is 26.4 Å². The summed E-state index contributed by atoms with van der Waals surface area (Å²) in [7, 11) is 0. The molecule has 1 aromatic rings. The van der Waals surface area contributed by atoms with Crippen LogP contribution in [0, 0.1) is 16.7 Å². The van der Waals surface area contributed by atoms with E-state index in [0.29, 0.717) is 12.0 Å². The molecule has 0 spiro atoms. The number of thioether (sulfide) groups is 2. The third-order valence-corrected chi connectivity index (χ3v) is 11.9. The van der Waals surface area contributed by atoms with Crippen molar-refractivity contribution in [2.45, 2.75) is 85.8 Å². The zero-order valence-corrected chi connectivity index (χ0v) is 29.5. The highest BCUT2D eigenvalue weighted by atomic mass is 32.2. The topological polar surface area (TPSA) is 99.1 Å². The van der Waals surface area contributed by atoms with Crippen molar-refractivity contribution < 1.29 is 33.7 Å². The lowest BCUT2D eigenvalue weighted by Gasteiger charge is -2.41. The smallest absolute Gasteiger partial charge is 0.334 e. The number of carboxylic acid groups (broad SMARTS) is 1. The highest BCUT2D eigenvalue weighted by molar-refractivity contribution is 8.47. The average molecular weight is 655 g/mol. The Morgan fingerprint density at radius 2 is 1.51 bits per heavy atom. The second-order valence-electron chi connectivity index (χ2n) is 11.3. The molecule has 0 saturated heterocycles. The average Bonchev–Trinajstić information content (AvgIpc) is 2.98. The number of carboxylic acids is 1. The van der Waals surface area contributed by atoms with Crippen molar-refractivity contribution in [2.75, 3.05) is 32.2 Å². The van der Waals surface area contributed by atoms with Gasteiger partial charge in [0.1, 0.15) is 16.7 Å². The zero-order valence-electron chi connectivity index (χ0n) is 27.0. The van der Waals surface area contributed by atoms with Crippen molar-refractivity contribution in [1.82, 2.24) is 0 Å². The third kappa shape index (κ3) is 11.5. The van der Waals surface area contributed by atoms with Crippen LogP contribution >= 0.6 is 35.7 Å². The van der Waals surface area contributed by atoms with Gasteiger partial charge in [0, 0.05) is 10.3 Å². The molecule has 0 aliphatic carbocycles. The first-order chi connectivity index (χ1) is 20.2. The van der Waals surface area contributed by atoms with Gasteiger partial charge < -0.3 is 19.3 Å². The van der Waals surface area contributed by atoms with Crippen LogP contribution in [-0.2, 0) is 28.6 Å². The van der Waals surface area contributed by atoms with Crippen LogP contribution in [0.15, 0.2) is 35.9 Å². The van der Waals surface area contributed by atoms with Gasteiger partial charge in [-0.25, -0.2) is 4.79 Å². The summed E-state index contributed by atoms with van der Waals surface area (Å²) in [5.74, 6) is -1.15. The molecule has 0 fully saturated rings. The van der Waals surface area contributed by atoms with Gasteiger partial charge in [0.2, 0.25) is 0 Å². The van der Waals surface area contributed by atoms with Crippen LogP contribution in [0.25, 0.3) is 6.08 Å². The standard InChI is InChI=1S/C33H50O7S3/c1-9-32(8,31(6,7)29(36)37)23-26(22-25-16-14-13-15-17-25)28(35)40-21-19-38-18-20-39-27(34)24(5)33(10-2,11-3)43-30(41)42-12-4/h13-17,22,24H,9-12,18-21,23H2,1-8H3,(H,36,37)/b26-22+. The van der Waals surface area contributed by atoms with Crippen molar-refractivity contribution >= 4 is 63.3 Å². The van der Waals surface area contributed by atoms with Gasteiger partial charge in [-0.2, -0.15) is 0 Å². The molecule has 0 aliphatic heterocycles. The predicted molar refractivity (Wildman–Crippen MR) is 182 cm³/mol. The van der Waals surface area contributed by atoms with Crippen molar-refractivity contribution in [2.24, 2.45) is 16.7 Å². The minimum Gasteiger partial charge on any atom is -0.481 e. The number of hydrogen-bond donors (Lipinski definition) is 1. The van der Waals surface area contributed by atoms with E-state index in [-0.39, 0.29) is 49.5 Å². The summed E-state index contributed by atoms with van der Waals surface area (Å²) in [4.78, 5) is 38.1. The van der Waals surface area contributed by atoms with Crippen LogP contribution in [-0.4, -0.2) is 63.5 Å². The molecule has 0 saturated carbocycles. The lowest BCUT2D eigenvalue weighted by atomic mass is 9.62. The molecule has 0 radical (unpaired) electrons. The predicted octanol–water partition coefficient (Wildman–Crippen LogP) is 8.06. The highest BCUT2D eigenvalue weighted by Gasteiger charge is 2.46. The monoisotopic (exact) mass is 654 g/mol. The van der Waals surface area contributed by atoms with Crippen LogP contribution in [0.1, 0.15) is 86.6 Å². The summed E-state index contributed by atoms with van der Waals surface area (Å²) in [6.07, 6.45) is 4.15. The number of ether oxygens (including phenoxy) is 3. The Morgan fingerprint density at radius 1 is 0.930 bits per heavy atom. The molecule has 0 aliphatic rings. The lowest BCUT2D eigenvalue weighted by Crippen LogP contribution is -2.42. The SMILES string of the molecule is CCSC(=S)SC(CC)(CC)C(C)C(=O)OCCOCCOC(=O)/C(=C/c1ccccc1)CC(C)(CC)C(C)(C)C(=O)O. The number of carbonyl (C=O) groups is 3. The molecule has 10 heteroatoms. The van der Waals surface area contributed by atoms with Crippen LogP contribution < -0.4 is 0 Å². The van der Waals surface area contributed by atoms with E-state index in [9.17, 15) is 19.5 Å². The van der Waals surface area contributed by atoms with Crippen LogP contribution in [0.3, 0.4) is 0 Å². The Hall–Kier alpha value is -1.88. The van der Waals surface area contributed by atoms with E-state index in [1.807, 2.05) is 51.1 Å². The quantitative estimate of drug-likeness (QED) is 0.0683. The number of carbonyl (C=O) groups excluding carboxylic acids is 2. The van der Waals surface area contributed by atoms with Crippen molar-refractivity contribution in [3.63, 3.8) is 0 Å². The van der Waals surface area contributed by atoms with E-state index >= 15 is 0 Å². The maximum atomic E-state index is 13.2. The van der Waals surface area contributed by atoms with E-state index in [2.05, 4.69) is 20.8 Å². The Bertz CT molecular complexity index is 1080. The second kappa shape index (κ2) is 18.8. The minimum absolute atomic E-state index is 0.0123. The van der Waals surface area contributed by atoms with Crippen LogP contribution in [0.2, 0.25) is 0 Å². The normalized spacial score (nSPS) is 14.5. The Balaban J connectivity index is 2.72. The largest absolute Gasteiger partial charge is 0.481 e. The van der Waals surface area contributed by atoms with E-state index in [1.165, 1.54) is 0 Å². The summed E-state index contributed by atoms with van der Waals surface area (Å²) >= 11 is 8.71. The molecule has 0 heterocycles. The van der Waals surface area contributed by atoms with Crippen LogP contribution in [0.4, 0.5) is 0 Å². The molecular weight excluding hydrogens is 605 g/mol. The fourth-order valence-corrected chi connectivity index (χ4v) is 7.80. The number of thiocarbonyl (C=S) groups is 1. The summed E-state index contributed by atoms with van der Waals surface area (Å²) in [5.41, 5.74) is -0.532. The van der Waals surface area contributed by atoms with Gasteiger partial charge >= 0.3 is 17.9 Å². The van der Waals surface area contributed by atoms with Crippen molar-refractivity contribution in [1.29, 1.82) is 0 Å². The molecule has 1 aromatic carbocycles. The molecule has 0 amide bonds. The molecule has 1 N–H and O–H groups in total. The number of esters is 2. The number of benzene rings is 1. The first kappa shape index (κ1) is 39.1. The molecule has 43 heavy (non-hydrogen) atoms. The minimum atomic E-state index is -1.07. The van der Waals surface area contributed by atoms with Gasteiger partial charge in [0.05, 0.1) is 24.5 Å². The fourth-order valence-electron chi connectivity index (χ4n) is 4.74. The molecule has 2 atom stereocenters. The number of hydrogen-bond acceptors (Lipinski definition) is 9. The third-order valence-electron chi connectivity index (χ3n) is 8.63. The van der Waals surface area contributed by atoms with E-state index in [0.717, 1.165) is 27.7 Å². The fraction of sp³-hybridized carbons (Fsp3) is 0.636. The molecule has 0 bridgehead atoms. The highest BCUT2D eigenvalue weighted by Crippen LogP contribution is 2.47. The van der Waals surface area contributed by atoms with Crippen LogP contribution in [0.5, 0.6) is 0 Å². The maximum Gasteiger partial charge on any atom is 0.334 e. The zero-order chi connectivity index (χ0) is 32.7. The molecule has 1 rings (SSSR count). The first-order valence-electron chi connectivity index (χ1n) is 15.0. The van der Waals surface area contributed by atoms with Crippen molar-refractivity contribution in [3.8, 4) is 0 Å². The van der Waals surface area contributed by atoms with Gasteiger partial charge in [-0.05, 0) is 62.3 Å². The van der Waals surface area contributed by atoms with Crippen molar-refractivity contribution in [3.05, 3.63) is 41.5 Å². The second-order valence-corrected chi connectivity index (χ2v) is 15.2. The first-order valence-corrected chi connectivity index (χ1v) is 17.2. The summed E-state index contributed by atoms with van der Waals surface area (Å²) in [6.45, 7) is 15.7. The molecule has 242 valence electrons. The Morgan fingerprint density at radius 3 is 2.02 bits per heavy atom. The van der Waals surface area contributed by atoms with Gasteiger partial charge in [0.25, 0.3) is 0 Å². The molecular formula is C33H50O7S3. The summed E-state index contributed by atoms with van der Waals surface area (Å²) in [6, 6.07) is 9.40. The Labute approximate surface area is 272 Å². The maximum absolute atomic E-state index is 13.2. The van der Waals surface area contributed by atoms with Gasteiger partial charge in [-0.1, -0.05) is 84.1 Å². The van der Waals surface area contributed by atoms with Gasteiger partial charge in [-0.15, -0.1) is 23.5 Å². The van der Waals surface area contributed by atoms with Gasteiger partial charge in [0.15, 0.2) is 0 Å². The summed E-state index contributed by atoms with van der Waals surface area (Å²) in [5, 5.41) is 9.89. The lowest BCUT2D eigenvalue weighted by molar-refractivity contribution is -0.156. The molecule has 7 nitrogen and oxygen atoms in total. The Kier molecular flexibility index (Phi) is 17.1. The van der Waals surface area contributed by atoms with E-state index in [1.54, 1.807) is 43.4 Å².